The molecular formula is C4H3ClN2O2. The first-order valence-electron chi connectivity index (χ1n) is 2.12. The fourth-order valence-electron chi connectivity index (χ4n) is 0.369. The normalized spacial score (nSPS) is 9.44. The number of amides is 1. The summed E-state index contributed by atoms with van der Waals surface area (Å²) in [5.74, 6) is -0.648. The molecule has 5 heteroatoms. The van der Waals surface area contributed by atoms with E-state index in [0.717, 1.165) is 0 Å². The van der Waals surface area contributed by atoms with Crippen LogP contribution in [0.5, 0.6) is 0 Å². The van der Waals surface area contributed by atoms with Crippen molar-refractivity contribution in [2.24, 2.45) is 5.73 Å². The molecule has 9 heavy (non-hydrogen) atoms. The van der Waals surface area contributed by atoms with Crippen molar-refractivity contribution in [3.63, 3.8) is 0 Å². The average molecular weight is 147 g/mol. The molecule has 4 nitrogen and oxygen atoms in total. The van der Waals surface area contributed by atoms with Crippen LogP contribution in [-0.2, 0) is 0 Å². The van der Waals surface area contributed by atoms with Gasteiger partial charge in [0.1, 0.15) is 0 Å². The van der Waals surface area contributed by atoms with Crippen LogP contribution < -0.4 is 5.73 Å². The summed E-state index contributed by atoms with van der Waals surface area (Å²) >= 11 is 5.27. The van der Waals surface area contributed by atoms with E-state index in [9.17, 15) is 4.79 Å². The SMILES string of the molecule is NC(=O)c1cc(Cl)on1. The monoisotopic (exact) mass is 146 g/mol. The van der Waals surface area contributed by atoms with Gasteiger partial charge < -0.3 is 10.3 Å². The number of carbonyl (C=O) groups excluding carboxylic acids is 1. The van der Waals surface area contributed by atoms with E-state index in [1.165, 1.54) is 6.07 Å². The standard InChI is InChI=1S/C4H3ClN2O2/c5-3-1-2(4(6)8)7-9-3/h1H,(H2,6,8). The molecule has 0 aliphatic carbocycles. The van der Waals surface area contributed by atoms with Crippen molar-refractivity contribution >= 4 is 17.5 Å². The Morgan fingerprint density at radius 1 is 1.89 bits per heavy atom. The first kappa shape index (κ1) is 6.10. The highest BCUT2D eigenvalue weighted by Crippen LogP contribution is 2.07. The number of aromatic nitrogens is 1. The van der Waals surface area contributed by atoms with Crippen molar-refractivity contribution in [3.05, 3.63) is 17.0 Å². The second-order valence-electron chi connectivity index (χ2n) is 1.38. The minimum absolute atomic E-state index is 0.0417. The van der Waals surface area contributed by atoms with Gasteiger partial charge in [-0.15, -0.1) is 0 Å². The second kappa shape index (κ2) is 2.06. The van der Waals surface area contributed by atoms with Gasteiger partial charge in [-0.3, -0.25) is 4.79 Å². The summed E-state index contributed by atoms with van der Waals surface area (Å²) in [7, 11) is 0. The summed E-state index contributed by atoms with van der Waals surface area (Å²) in [6, 6.07) is 1.25. The zero-order valence-corrected chi connectivity index (χ0v) is 5.05. The zero-order valence-electron chi connectivity index (χ0n) is 4.30. The molecule has 1 amide bonds. The highest BCUT2D eigenvalue weighted by Gasteiger charge is 2.05. The molecule has 0 unspecified atom stereocenters. The molecule has 0 fully saturated rings. The van der Waals surface area contributed by atoms with Gasteiger partial charge in [-0.25, -0.2) is 0 Å². The van der Waals surface area contributed by atoms with E-state index in [1.54, 1.807) is 0 Å². The Morgan fingerprint density at radius 2 is 2.56 bits per heavy atom. The van der Waals surface area contributed by atoms with Gasteiger partial charge >= 0.3 is 0 Å². The fraction of sp³-hybridized carbons (Fsp3) is 0. The van der Waals surface area contributed by atoms with Gasteiger partial charge in [0, 0.05) is 6.07 Å². The van der Waals surface area contributed by atoms with Crippen LogP contribution in [0, 0.1) is 0 Å². The van der Waals surface area contributed by atoms with Crippen LogP contribution in [0.2, 0.25) is 5.22 Å². The number of rotatable bonds is 1. The van der Waals surface area contributed by atoms with Gasteiger partial charge in [0.05, 0.1) is 0 Å². The van der Waals surface area contributed by atoms with E-state index in [2.05, 4.69) is 9.68 Å². The molecule has 1 rings (SSSR count). The summed E-state index contributed by atoms with van der Waals surface area (Å²) in [4.78, 5) is 10.3. The molecule has 0 aliphatic heterocycles. The molecule has 1 aromatic heterocycles. The van der Waals surface area contributed by atoms with Crippen LogP contribution in [0.15, 0.2) is 10.6 Å². The number of hydrogen-bond acceptors (Lipinski definition) is 3. The molecule has 0 saturated carbocycles. The first-order chi connectivity index (χ1) is 4.20. The summed E-state index contributed by atoms with van der Waals surface area (Å²) < 4.78 is 4.34. The Bertz CT molecular complexity index is 232. The minimum atomic E-state index is -0.648. The molecule has 1 aromatic rings. The van der Waals surface area contributed by atoms with Crippen LogP contribution in [-0.4, -0.2) is 11.1 Å². The highest BCUT2D eigenvalue weighted by atomic mass is 35.5. The minimum Gasteiger partial charge on any atom is -0.364 e. The first-order valence-corrected chi connectivity index (χ1v) is 2.50. The molecule has 0 bridgehead atoms. The number of carbonyl (C=O) groups is 1. The Kier molecular flexibility index (Phi) is 1.40. The van der Waals surface area contributed by atoms with E-state index in [1.807, 2.05) is 0 Å². The number of nitrogens with zero attached hydrogens (tertiary/aromatic N) is 1. The van der Waals surface area contributed by atoms with Crippen LogP contribution in [0.3, 0.4) is 0 Å². The highest BCUT2D eigenvalue weighted by molar-refractivity contribution is 6.29. The van der Waals surface area contributed by atoms with Crippen molar-refractivity contribution in [3.8, 4) is 0 Å². The van der Waals surface area contributed by atoms with Gasteiger partial charge in [0.25, 0.3) is 5.91 Å². The average Bonchev–Trinajstić information content (AvgIpc) is 2.14. The van der Waals surface area contributed by atoms with Gasteiger partial charge in [0.15, 0.2) is 5.69 Å². The maximum Gasteiger partial charge on any atom is 0.270 e. The largest absolute Gasteiger partial charge is 0.364 e. The van der Waals surface area contributed by atoms with Crippen molar-refractivity contribution < 1.29 is 9.32 Å². The second-order valence-corrected chi connectivity index (χ2v) is 1.75. The van der Waals surface area contributed by atoms with Crippen LogP contribution >= 0.6 is 11.6 Å². The van der Waals surface area contributed by atoms with Crippen LogP contribution in [0.25, 0.3) is 0 Å². The topological polar surface area (TPSA) is 69.1 Å². The van der Waals surface area contributed by atoms with Crippen molar-refractivity contribution in [1.82, 2.24) is 5.16 Å². The molecule has 0 aliphatic rings. The number of nitrogens with two attached hydrogens (primary N) is 1. The smallest absolute Gasteiger partial charge is 0.270 e. The predicted molar refractivity (Wildman–Crippen MR) is 30.0 cm³/mol. The lowest BCUT2D eigenvalue weighted by molar-refractivity contribution is 0.0991. The predicted octanol–water partition coefficient (Wildman–Crippen LogP) is 0.427. The summed E-state index contributed by atoms with van der Waals surface area (Å²) in [5, 5.41) is 3.29. The maximum atomic E-state index is 10.3. The molecule has 0 spiro atoms. The molecule has 0 radical (unpaired) electrons. The number of primary amides is 1. The zero-order chi connectivity index (χ0) is 6.85. The number of hydrogen-bond donors (Lipinski definition) is 1. The van der Waals surface area contributed by atoms with Crippen molar-refractivity contribution in [2.75, 3.05) is 0 Å². The third kappa shape index (κ3) is 1.20. The van der Waals surface area contributed by atoms with E-state index >= 15 is 0 Å². The van der Waals surface area contributed by atoms with Crippen LogP contribution in [0.1, 0.15) is 10.5 Å². The molecular weight excluding hydrogens is 144 g/mol. The Balaban J connectivity index is 2.98. The Labute approximate surface area is 55.6 Å². The quantitative estimate of drug-likeness (QED) is 0.625. The summed E-state index contributed by atoms with van der Waals surface area (Å²) in [6.45, 7) is 0. The fourth-order valence-corrected chi connectivity index (χ4v) is 0.507. The van der Waals surface area contributed by atoms with Gasteiger partial charge in [0.2, 0.25) is 5.22 Å². The van der Waals surface area contributed by atoms with Gasteiger partial charge in [-0.2, -0.15) is 0 Å². The lowest BCUT2D eigenvalue weighted by Crippen LogP contribution is -2.10. The Morgan fingerprint density at radius 3 is 2.78 bits per heavy atom. The molecule has 0 aromatic carbocycles. The molecule has 1 heterocycles. The van der Waals surface area contributed by atoms with E-state index in [0.29, 0.717) is 0 Å². The Hall–Kier alpha value is -1.03. The third-order valence-electron chi connectivity index (χ3n) is 0.734. The summed E-state index contributed by atoms with van der Waals surface area (Å²) in [6.07, 6.45) is 0. The van der Waals surface area contributed by atoms with E-state index in [4.69, 9.17) is 17.3 Å². The van der Waals surface area contributed by atoms with E-state index in [-0.39, 0.29) is 10.9 Å². The lowest BCUT2D eigenvalue weighted by Gasteiger charge is -1.76. The summed E-state index contributed by atoms with van der Waals surface area (Å²) in [5.41, 5.74) is 4.85. The maximum absolute atomic E-state index is 10.3. The number of halogens is 1. The molecule has 0 saturated heterocycles. The molecule has 48 valence electrons. The van der Waals surface area contributed by atoms with Gasteiger partial charge in [-0.05, 0) is 11.6 Å². The van der Waals surface area contributed by atoms with Crippen molar-refractivity contribution in [2.45, 2.75) is 0 Å². The van der Waals surface area contributed by atoms with Crippen LogP contribution in [0.4, 0.5) is 0 Å². The lowest BCUT2D eigenvalue weighted by atomic mass is 10.4. The van der Waals surface area contributed by atoms with Crippen molar-refractivity contribution in [1.29, 1.82) is 0 Å². The molecule has 0 atom stereocenters. The van der Waals surface area contributed by atoms with E-state index < -0.39 is 5.91 Å². The third-order valence-corrected chi connectivity index (χ3v) is 0.912. The van der Waals surface area contributed by atoms with Gasteiger partial charge in [-0.1, -0.05) is 5.16 Å². The molecule has 2 N–H and O–H groups in total.